The van der Waals surface area contributed by atoms with Gasteiger partial charge in [0.1, 0.15) is 5.69 Å². The van der Waals surface area contributed by atoms with E-state index in [2.05, 4.69) is 34.0 Å². The van der Waals surface area contributed by atoms with Gasteiger partial charge in [0.15, 0.2) is 5.84 Å². The Balaban J connectivity index is 2.21. The van der Waals surface area contributed by atoms with Crippen LogP contribution in [0.25, 0.3) is 0 Å². The number of hydrogen-bond donors (Lipinski definition) is 2. The maximum Gasteiger partial charge on any atom is 0.188 e. The highest BCUT2D eigenvalue weighted by Crippen LogP contribution is 2.25. The van der Waals surface area contributed by atoms with Crippen LogP contribution in [0.4, 0.5) is 5.69 Å². The van der Waals surface area contributed by atoms with Gasteiger partial charge >= 0.3 is 0 Å². The number of nitrogens with zero attached hydrogens (tertiary/aromatic N) is 4. The molecule has 0 radical (unpaired) electrons. The predicted molar refractivity (Wildman–Crippen MR) is 75.7 cm³/mol. The molecular formula is C13H21N5O. The summed E-state index contributed by atoms with van der Waals surface area (Å²) in [5.41, 5.74) is 7.18. The van der Waals surface area contributed by atoms with Gasteiger partial charge in [-0.15, -0.1) is 0 Å². The minimum Gasteiger partial charge on any atom is -0.409 e. The van der Waals surface area contributed by atoms with Gasteiger partial charge in [0, 0.05) is 31.0 Å². The van der Waals surface area contributed by atoms with Crippen molar-refractivity contribution in [2.24, 2.45) is 10.9 Å². The van der Waals surface area contributed by atoms with Crippen molar-refractivity contribution in [2.45, 2.75) is 18.9 Å². The molecule has 6 nitrogen and oxygen atoms in total. The maximum atomic E-state index is 8.72. The monoisotopic (exact) mass is 263 g/mol. The van der Waals surface area contributed by atoms with E-state index in [1.807, 2.05) is 12.1 Å². The molecule has 1 aliphatic heterocycles. The van der Waals surface area contributed by atoms with Gasteiger partial charge < -0.3 is 20.7 Å². The Labute approximate surface area is 113 Å². The van der Waals surface area contributed by atoms with Crippen molar-refractivity contribution in [3.05, 3.63) is 24.0 Å². The predicted octanol–water partition coefficient (Wildman–Crippen LogP) is 0.707. The van der Waals surface area contributed by atoms with Gasteiger partial charge in [0.2, 0.25) is 0 Å². The Bertz CT molecular complexity index is 460. The van der Waals surface area contributed by atoms with Gasteiger partial charge in [-0.1, -0.05) is 5.16 Å². The number of hydrogen-bond acceptors (Lipinski definition) is 5. The number of anilines is 1. The van der Waals surface area contributed by atoms with Crippen molar-refractivity contribution in [2.75, 3.05) is 32.1 Å². The fraction of sp³-hybridized carbons (Fsp3) is 0.538. The van der Waals surface area contributed by atoms with E-state index in [4.69, 9.17) is 10.9 Å². The lowest BCUT2D eigenvalue weighted by atomic mass is 10.2. The summed E-state index contributed by atoms with van der Waals surface area (Å²) in [5.74, 6) is 0.0465. The van der Waals surface area contributed by atoms with E-state index >= 15 is 0 Å². The molecule has 19 heavy (non-hydrogen) atoms. The molecule has 0 aromatic carbocycles. The largest absolute Gasteiger partial charge is 0.409 e. The highest BCUT2D eigenvalue weighted by atomic mass is 16.4. The second-order valence-electron chi connectivity index (χ2n) is 5.14. The number of amidine groups is 1. The van der Waals surface area contributed by atoms with Crippen molar-refractivity contribution < 1.29 is 5.21 Å². The van der Waals surface area contributed by atoms with Crippen LogP contribution in [0.3, 0.4) is 0 Å². The highest BCUT2D eigenvalue weighted by Gasteiger charge is 2.25. The maximum absolute atomic E-state index is 8.72. The molecule has 6 heteroatoms. The SMILES string of the molecule is CN(C)CC1CCCN1c1ccnc(C(N)=NO)c1. The van der Waals surface area contributed by atoms with Gasteiger partial charge in [-0.3, -0.25) is 4.98 Å². The molecule has 1 fully saturated rings. The van der Waals surface area contributed by atoms with E-state index in [1.54, 1.807) is 6.20 Å². The van der Waals surface area contributed by atoms with Crippen LogP contribution < -0.4 is 10.6 Å². The second kappa shape index (κ2) is 5.88. The fourth-order valence-corrected chi connectivity index (χ4v) is 2.58. The highest BCUT2D eigenvalue weighted by molar-refractivity contribution is 5.95. The van der Waals surface area contributed by atoms with Gasteiger partial charge in [0.05, 0.1) is 0 Å². The first kappa shape index (κ1) is 13.6. The Morgan fingerprint density at radius 1 is 1.63 bits per heavy atom. The number of aromatic nitrogens is 1. The Kier molecular flexibility index (Phi) is 4.21. The van der Waals surface area contributed by atoms with E-state index in [-0.39, 0.29) is 5.84 Å². The van der Waals surface area contributed by atoms with Crippen LogP contribution >= 0.6 is 0 Å². The molecule has 1 saturated heterocycles. The zero-order valence-corrected chi connectivity index (χ0v) is 11.5. The molecule has 1 aromatic rings. The van der Waals surface area contributed by atoms with E-state index in [1.165, 1.54) is 12.8 Å². The Morgan fingerprint density at radius 3 is 3.11 bits per heavy atom. The van der Waals surface area contributed by atoms with Crippen molar-refractivity contribution in [3.63, 3.8) is 0 Å². The van der Waals surface area contributed by atoms with Crippen LogP contribution in [-0.4, -0.2) is 54.2 Å². The van der Waals surface area contributed by atoms with E-state index in [9.17, 15) is 0 Å². The molecule has 0 saturated carbocycles. The standard InChI is InChI=1S/C13H21N5O/c1-17(2)9-11-4-3-7-18(11)10-5-6-15-12(8-10)13(14)16-19/h5-6,8,11,19H,3-4,7,9H2,1-2H3,(H2,14,16). The third-order valence-corrected chi connectivity index (χ3v) is 3.40. The van der Waals surface area contributed by atoms with Crippen LogP contribution in [-0.2, 0) is 0 Å². The molecule has 2 rings (SSSR count). The van der Waals surface area contributed by atoms with Crippen molar-refractivity contribution >= 4 is 11.5 Å². The molecule has 1 unspecified atom stereocenters. The zero-order chi connectivity index (χ0) is 13.8. The quantitative estimate of drug-likeness (QED) is 0.362. The third kappa shape index (κ3) is 3.14. The molecule has 104 valence electrons. The number of pyridine rings is 1. The molecular weight excluding hydrogens is 242 g/mol. The van der Waals surface area contributed by atoms with Gasteiger partial charge in [0.25, 0.3) is 0 Å². The summed E-state index contributed by atoms with van der Waals surface area (Å²) in [5, 5.41) is 11.7. The number of nitrogens with two attached hydrogens (primary N) is 1. The molecule has 1 atom stereocenters. The Hall–Kier alpha value is -1.82. The fourth-order valence-electron chi connectivity index (χ4n) is 2.58. The Morgan fingerprint density at radius 2 is 2.42 bits per heavy atom. The summed E-state index contributed by atoms with van der Waals surface area (Å²) in [6.07, 6.45) is 4.09. The first-order valence-electron chi connectivity index (χ1n) is 6.47. The molecule has 0 spiro atoms. The topological polar surface area (TPSA) is 78.0 Å². The molecule has 1 aliphatic rings. The van der Waals surface area contributed by atoms with Crippen molar-refractivity contribution in [3.8, 4) is 0 Å². The normalized spacial score (nSPS) is 20.3. The third-order valence-electron chi connectivity index (χ3n) is 3.40. The van der Waals surface area contributed by atoms with Crippen LogP contribution in [0.2, 0.25) is 0 Å². The smallest absolute Gasteiger partial charge is 0.188 e. The van der Waals surface area contributed by atoms with Crippen LogP contribution in [0.1, 0.15) is 18.5 Å². The summed E-state index contributed by atoms with van der Waals surface area (Å²) in [4.78, 5) is 8.69. The minimum absolute atomic E-state index is 0.0465. The lowest BCUT2D eigenvalue weighted by Crippen LogP contribution is -2.37. The summed E-state index contributed by atoms with van der Waals surface area (Å²) >= 11 is 0. The van der Waals surface area contributed by atoms with Gasteiger partial charge in [-0.2, -0.15) is 0 Å². The summed E-state index contributed by atoms with van der Waals surface area (Å²) < 4.78 is 0. The number of oxime groups is 1. The van der Waals surface area contributed by atoms with E-state index in [0.717, 1.165) is 18.8 Å². The van der Waals surface area contributed by atoms with Gasteiger partial charge in [-0.25, -0.2) is 0 Å². The molecule has 0 bridgehead atoms. The summed E-state index contributed by atoms with van der Waals surface area (Å²) in [6.45, 7) is 2.07. The van der Waals surface area contributed by atoms with Crippen LogP contribution in [0.15, 0.2) is 23.5 Å². The molecule has 2 heterocycles. The van der Waals surface area contributed by atoms with Crippen molar-refractivity contribution in [1.82, 2.24) is 9.88 Å². The average Bonchev–Trinajstić information content (AvgIpc) is 2.85. The number of rotatable bonds is 4. The zero-order valence-electron chi connectivity index (χ0n) is 11.5. The minimum atomic E-state index is 0.0465. The van der Waals surface area contributed by atoms with Crippen LogP contribution in [0.5, 0.6) is 0 Å². The summed E-state index contributed by atoms with van der Waals surface area (Å²) in [6, 6.07) is 4.36. The number of likely N-dealkylation sites (N-methyl/N-ethyl adjacent to an activating group) is 1. The molecule has 0 amide bonds. The summed E-state index contributed by atoms with van der Waals surface area (Å²) in [7, 11) is 4.18. The van der Waals surface area contributed by atoms with E-state index < -0.39 is 0 Å². The lowest BCUT2D eigenvalue weighted by molar-refractivity contribution is 0.318. The lowest BCUT2D eigenvalue weighted by Gasteiger charge is -2.29. The molecule has 1 aromatic heterocycles. The first-order chi connectivity index (χ1) is 9.11. The average molecular weight is 263 g/mol. The molecule has 0 aliphatic carbocycles. The van der Waals surface area contributed by atoms with Gasteiger partial charge in [-0.05, 0) is 39.1 Å². The van der Waals surface area contributed by atoms with Crippen LogP contribution in [0, 0.1) is 0 Å². The first-order valence-corrected chi connectivity index (χ1v) is 6.47. The molecule has 3 N–H and O–H groups in total. The second-order valence-corrected chi connectivity index (χ2v) is 5.14. The van der Waals surface area contributed by atoms with E-state index in [0.29, 0.717) is 11.7 Å². The van der Waals surface area contributed by atoms with Crippen molar-refractivity contribution in [1.29, 1.82) is 0 Å².